The van der Waals surface area contributed by atoms with Crippen molar-refractivity contribution in [3.05, 3.63) is 126 Å². The molecule has 0 spiro atoms. The highest BCUT2D eigenvalue weighted by atomic mass is 16.5. The molecule has 4 aromatic rings. The normalized spacial score (nSPS) is 11.4. The van der Waals surface area contributed by atoms with Crippen molar-refractivity contribution < 1.29 is 9.53 Å². The van der Waals surface area contributed by atoms with Gasteiger partial charge in [-0.1, -0.05) is 60.7 Å². The first-order valence-corrected chi connectivity index (χ1v) is 9.39. The number of pyridine rings is 1. The lowest BCUT2D eigenvalue weighted by Crippen LogP contribution is -2.29. The lowest BCUT2D eigenvalue weighted by molar-refractivity contribution is 0.0942. The number of rotatable bonds is 6. The summed E-state index contributed by atoms with van der Waals surface area (Å²) >= 11 is 0. The first kappa shape index (κ1) is 18.4. The molecule has 1 amide bonds. The van der Waals surface area contributed by atoms with E-state index in [2.05, 4.69) is 10.3 Å². The lowest BCUT2D eigenvalue weighted by atomic mass is 10.0. The zero-order chi connectivity index (χ0) is 19.9. The average Bonchev–Trinajstić information content (AvgIpc) is 2.79. The first-order valence-electron chi connectivity index (χ1n) is 9.39. The lowest BCUT2D eigenvalue weighted by Gasteiger charge is -2.19. The molecule has 1 N–H and O–H groups in total. The van der Waals surface area contributed by atoms with Crippen molar-refractivity contribution in [2.45, 2.75) is 6.04 Å². The number of amides is 1. The maximum absolute atomic E-state index is 13.0. The molecule has 4 heteroatoms. The van der Waals surface area contributed by atoms with Crippen molar-refractivity contribution in [3.63, 3.8) is 0 Å². The number of nitrogens with one attached hydrogen (secondary N) is 1. The van der Waals surface area contributed by atoms with Crippen molar-refractivity contribution in [2.75, 3.05) is 0 Å². The number of benzene rings is 3. The number of para-hydroxylation sites is 1. The predicted molar refractivity (Wildman–Crippen MR) is 113 cm³/mol. The van der Waals surface area contributed by atoms with Crippen LogP contribution >= 0.6 is 0 Å². The first-order chi connectivity index (χ1) is 14.3. The zero-order valence-corrected chi connectivity index (χ0v) is 15.7. The van der Waals surface area contributed by atoms with Gasteiger partial charge in [-0.3, -0.25) is 9.78 Å². The molecule has 0 bridgehead atoms. The van der Waals surface area contributed by atoms with Crippen LogP contribution in [-0.4, -0.2) is 10.9 Å². The summed E-state index contributed by atoms with van der Waals surface area (Å²) in [5, 5.41) is 3.10. The van der Waals surface area contributed by atoms with Crippen molar-refractivity contribution in [1.82, 2.24) is 10.3 Å². The number of hydrogen-bond donors (Lipinski definition) is 1. The summed E-state index contributed by atoms with van der Waals surface area (Å²) < 4.78 is 5.85. The van der Waals surface area contributed by atoms with Gasteiger partial charge >= 0.3 is 0 Å². The van der Waals surface area contributed by atoms with E-state index in [1.807, 2.05) is 91.0 Å². The Morgan fingerprint density at radius 2 is 1.45 bits per heavy atom. The molecule has 0 radical (unpaired) electrons. The van der Waals surface area contributed by atoms with Crippen LogP contribution in [0.4, 0.5) is 0 Å². The molecule has 1 atom stereocenters. The maximum atomic E-state index is 13.0. The third kappa shape index (κ3) is 4.68. The Balaban J connectivity index is 1.57. The van der Waals surface area contributed by atoms with Gasteiger partial charge in [-0.25, -0.2) is 0 Å². The fourth-order valence-electron chi connectivity index (χ4n) is 3.06. The Hall–Kier alpha value is -3.92. The van der Waals surface area contributed by atoms with Crippen molar-refractivity contribution in [1.29, 1.82) is 0 Å². The van der Waals surface area contributed by atoms with E-state index in [4.69, 9.17) is 4.74 Å². The Morgan fingerprint density at radius 3 is 2.17 bits per heavy atom. The van der Waals surface area contributed by atoms with Crippen LogP contribution in [0.2, 0.25) is 0 Å². The Labute approximate surface area is 169 Å². The molecule has 0 aliphatic carbocycles. The number of aromatic nitrogens is 1. The SMILES string of the molecule is O=C(NC(c1ccccc1)c1ccccn1)c1cccc(Oc2ccccc2)c1. The second-order valence-electron chi connectivity index (χ2n) is 6.51. The third-order valence-electron chi connectivity index (χ3n) is 4.47. The minimum Gasteiger partial charge on any atom is -0.457 e. The van der Waals surface area contributed by atoms with E-state index in [0.29, 0.717) is 11.3 Å². The number of ether oxygens (including phenoxy) is 1. The molecule has 29 heavy (non-hydrogen) atoms. The van der Waals surface area contributed by atoms with Crippen molar-refractivity contribution in [2.24, 2.45) is 0 Å². The van der Waals surface area contributed by atoms with E-state index in [0.717, 1.165) is 17.0 Å². The van der Waals surface area contributed by atoms with E-state index < -0.39 is 0 Å². The van der Waals surface area contributed by atoms with E-state index in [1.165, 1.54) is 0 Å². The summed E-state index contributed by atoms with van der Waals surface area (Å²) in [6.07, 6.45) is 1.73. The highest BCUT2D eigenvalue weighted by Gasteiger charge is 2.19. The minimum absolute atomic E-state index is 0.192. The van der Waals surface area contributed by atoms with Crippen LogP contribution in [0.15, 0.2) is 109 Å². The quantitative estimate of drug-likeness (QED) is 0.488. The van der Waals surface area contributed by atoms with E-state index >= 15 is 0 Å². The Bertz CT molecular complexity index is 1030. The molecule has 1 aromatic heterocycles. The largest absolute Gasteiger partial charge is 0.457 e. The highest BCUT2D eigenvalue weighted by Crippen LogP contribution is 2.24. The molecule has 142 valence electrons. The molecule has 0 aliphatic rings. The van der Waals surface area contributed by atoms with Gasteiger partial charge in [0.2, 0.25) is 0 Å². The van der Waals surface area contributed by atoms with E-state index in [-0.39, 0.29) is 11.9 Å². The average molecular weight is 380 g/mol. The predicted octanol–water partition coefficient (Wildman–Crippen LogP) is 5.39. The van der Waals surface area contributed by atoms with Crippen molar-refractivity contribution >= 4 is 5.91 Å². The molecule has 4 rings (SSSR count). The van der Waals surface area contributed by atoms with Crippen LogP contribution in [0.5, 0.6) is 11.5 Å². The molecule has 4 nitrogen and oxygen atoms in total. The molecule has 0 saturated carbocycles. The van der Waals surface area contributed by atoms with Gasteiger partial charge in [-0.2, -0.15) is 0 Å². The molecular weight excluding hydrogens is 360 g/mol. The molecule has 1 heterocycles. The molecule has 3 aromatic carbocycles. The fourth-order valence-corrected chi connectivity index (χ4v) is 3.06. The van der Waals surface area contributed by atoms with Gasteiger partial charge < -0.3 is 10.1 Å². The number of carbonyl (C=O) groups excluding carboxylic acids is 1. The van der Waals surface area contributed by atoms with Crippen LogP contribution in [0, 0.1) is 0 Å². The second-order valence-corrected chi connectivity index (χ2v) is 6.51. The fraction of sp³-hybridized carbons (Fsp3) is 0.0400. The topological polar surface area (TPSA) is 51.2 Å². The van der Waals surface area contributed by atoms with Crippen LogP contribution in [0.25, 0.3) is 0 Å². The van der Waals surface area contributed by atoms with Gasteiger partial charge in [0, 0.05) is 11.8 Å². The van der Waals surface area contributed by atoms with Gasteiger partial charge in [0.05, 0.1) is 11.7 Å². The minimum atomic E-state index is -0.344. The summed E-state index contributed by atoms with van der Waals surface area (Å²) in [4.78, 5) is 17.4. The van der Waals surface area contributed by atoms with Crippen LogP contribution in [0.3, 0.4) is 0 Å². The van der Waals surface area contributed by atoms with Crippen LogP contribution in [-0.2, 0) is 0 Å². The molecule has 1 unspecified atom stereocenters. The van der Waals surface area contributed by atoms with Crippen LogP contribution in [0.1, 0.15) is 27.7 Å². The zero-order valence-electron chi connectivity index (χ0n) is 15.7. The van der Waals surface area contributed by atoms with Gasteiger partial charge in [-0.05, 0) is 48.0 Å². The number of nitrogens with zero attached hydrogens (tertiary/aromatic N) is 1. The third-order valence-corrected chi connectivity index (χ3v) is 4.47. The molecule has 0 aliphatic heterocycles. The number of carbonyl (C=O) groups is 1. The van der Waals surface area contributed by atoms with Gasteiger partial charge in [0.25, 0.3) is 5.91 Å². The summed E-state index contributed by atoms with van der Waals surface area (Å²) in [6.45, 7) is 0. The second kappa shape index (κ2) is 8.85. The van der Waals surface area contributed by atoms with E-state index in [9.17, 15) is 4.79 Å². The molecular formula is C25H20N2O2. The van der Waals surface area contributed by atoms with Crippen molar-refractivity contribution in [3.8, 4) is 11.5 Å². The smallest absolute Gasteiger partial charge is 0.252 e. The van der Waals surface area contributed by atoms with Gasteiger partial charge in [0.15, 0.2) is 0 Å². The number of hydrogen-bond acceptors (Lipinski definition) is 3. The summed E-state index contributed by atoms with van der Waals surface area (Å²) in [5.41, 5.74) is 2.27. The van der Waals surface area contributed by atoms with Crippen LogP contribution < -0.4 is 10.1 Å². The Morgan fingerprint density at radius 1 is 0.759 bits per heavy atom. The standard InChI is InChI=1S/C25H20N2O2/c28-25(20-12-9-15-22(18-20)29-21-13-5-2-6-14-21)27-24(19-10-3-1-4-11-19)23-16-7-8-17-26-23/h1-18,24H,(H,27,28). The molecule has 0 saturated heterocycles. The van der Waals surface area contributed by atoms with E-state index in [1.54, 1.807) is 18.3 Å². The van der Waals surface area contributed by atoms with Gasteiger partial charge in [-0.15, -0.1) is 0 Å². The highest BCUT2D eigenvalue weighted by molar-refractivity contribution is 5.95. The maximum Gasteiger partial charge on any atom is 0.252 e. The summed E-state index contributed by atoms with van der Waals surface area (Å²) in [7, 11) is 0. The monoisotopic (exact) mass is 380 g/mol. The van der Waals surface area contributed by atoms with Gasteiger partial charge in [0.1, 0.15) is 11.5 Å². The molecule has 0 fully saturated rings. The summed E-state index contributed by atoms with van der Waals surface area (Å²) in [6, 6.07) is 31.8. The Kier molecular flexibility index (Phi) is 5.63. The summed E-state index contributed by atoms with van der Waals surface area (Å²) in [5.74, 6) is 1.14.